The van der Waals surface area contributed by atoms with Gasteiger partial charge in [-0.2, -0.15) is 0 Å². The van der Waals surface area contributed by atoms with Crippen LogP contribution in [0.3, 0.4) is 0 Å². The molecule has 0 aliphatic carbocycles. The van der Waals surface area contributed by atoms with Crippen molar-refractivity contribution in [1.82, 2.24) is 5.32 Å². The van der Waals surface area contributed by atoms with Crippen LogP contribution in [-0.2, 0) is 10.2 Å². The van der Waals surface area contributed by atoms with E-state index in [2.05, 4.69) is 26.1 Å². The molecule has 0 heterocycles. The molecule has 0 aromatic heterocycles. The molecule has 0 radical (unpaired) electrons. The fraction of sp³-hybridized carbons (Fsp3) is 0.435. The van der Waals surface area contributed by atoms with Gasteiger partial charge in [-0.1, -0.05) is 32.9 Å². The van der Waals surface area contributed by atoms with Gasteiger partial charge in [0.25, 0.3) is 5.91 Å². The summed E-state index contributed by atoms with van der Waals surface area (Å²) >= 11 is 0. The molecular formula is C23H31NO4. The number of rotatable bonds is 8. The zero-order valence-electron chi connectivity index (χ0n) is 17.6. The molecule has 0 saturated carbocycles. The predicted molar refractivity (Wildman–Crippen MR) is 111 cm³/mol. The third-order valence-electron chi connectivity index (χ3n) is 4.35. The topological polar surface area (TPSA) is 56.8 Å². The van der Waals surface area contributed by atoms with Crippen molar-refractivity contribution in [3.05, 3.63) is 54.1 Å². The monoisotopic (exact) mass is 385 g/mol. The number of benzene rings is 2. The van der Waals surface area contributed by atoms with Crippen LogP contribution in [0.25, 0.3) is 0 Å². The fourth-order valence-corrected chi connectivity index (χ4v) is 2.59. The SMILES string of the molecule is COc1ccc(OC[C@@H](C)NC(=O)[C@H](C)Oc2ccc(C(C)(C)C)cc2)cc1. The van der Waals surface area contributed by atoms with E-state index in [1.54, 1.807) is 14.0 Å². The van der Waals surface area contributed by atoms with Crippen molar-refractivity contribution in [3.63, 3.8) is 0 Å². The molecule has 28 heavy (non-hydrogen) atoms. The molecule has 0 saturated heterocycles. The molecule has 152 valence electrons. The van der Waals surface area contributed by atoms with E-state index in [1.165, 1.54) is 5.56 Å². The van der Waals surface area contributed by atoms with Gasteiger partial charge in [0.05, 0.1) is 13.2 Å². The minimum atomic E-state index is -0.594. The van der Waals surface area contributed by atoms with Gasteiger partial charge in [-0.05, 0) is 61.2 Å². The van der Waals surface area contributed by atoms with Crippen molar-refractivity contribution in [2.75, 3.05) is 13.7 Å². The summed E-state index contributed by atoms with van der Waals surface area (Å²) in [6.45, 7) is 10.5. The van der Waals surface area contributed by atoms with Crippen LogP contribution < -0.4 is 19.5 Å². The van der Waals surface area contributed by atoms with Crippen LogP contribution in [0.1, 0.15) is 40.2 Å². The van der Waals surface area contributed by atoms with Crippen molar-refractivity contribution in [2.45, 2.75) is 52.2 Å². The molecule has 0 aliphatic heterocycles. The Bertz CT molecular complexity index is 748. The first-order chi connectivity index (χ1) is 13.2. The van der Waals surface area contributed by atoms with Gasteiger partial charge in [-0.15, -0.1) is 0 Å². The Hall–Kier alpha value is -2.69. The lowest BCUT2D eigenvalue weighted by Crippen LogP contribution is -2.43. The van der Waals surface area contributed by atoms with Crippen molar-refractivity contribution in [1.29, 1.82) is 0 Å². The molecule has 5 heteroatoms. The van der Waals surface area contributed by atoms with Gasteiger partial charge in [0, 0.05) is 0 Å². The number of ether oxygens (including phenoxy) is 3. The number of hydrogen-bond acceptors (Lipinski definition) is 4. The Balaban J connectivity index is 1.80. The Labute approximate surface area is 168 Å². The highest BCUT2D eigenvalue weighted by molar-refractivity contribution is 5.81. The third kappa shape index (κ3) is 6.48. The van der Waals surface area contributed by atoms with Crippen molar-refractivity contribution < 1.29 is 19.0 Å². The summed E-state index contributed by atoms with van der Waals surface area (Å²) in [5.74, 6) is 2.00. The highest BCUT2D eigenvalue weighted by atomic mass is 16.5. The lowest BCUT2D eigenvalue weighted by molar-refractivity contribution is -0.128. The summed E-state index contributed by atoms with van der Waals surface area (Å²) in [5.41, 5.74) is 1.31. The molecule has 0 aliphatic rings. The fourth-order valence-electron chi connectivity index (χ4n) is 2.59. The smallest absolute Gasteiger partial charge is 0.261 e. The molecule has 1 N–H and O–H groups in total. The van der Waals surface area contributed by atoms with Gasteiger partial charge in [0.15, 0.2) is 6.10 Å². The first kappa shape index (κ1) is 21.6. The highest BCUT2D eigenvalue weighted by Crippen LogP contribution is 2.24. The average Bonchev–Trinajstić information content (AvgIpc) is 2.66. The van der Waals surface area contributed by atoms with E-state index in [4.69, 9.17) is 14.2 Å². The van der Waals surface area contributed by atoms with Crippen LogP contribution in [0.5, 0.6) is 17.2 Å². The van der Waals surface area contributed by atoms with Gasteiger partial charge < -0.3 is 19.5 Å². The van der Waals surface area contributed by atoms with E-state index < -0.39 is 6.10 Å². The quantitative estimate of drug-likeness (QED) is 0.734. The summed E-state index contributed by atoms with van der Waals surface area (Å²) in [6, 6.07) is 15.1. The molecule has 0 spiro atoms. The maximum atomic E-state index is 12.4. The summed E-state index contributed by atoms with van der Waals surface area (Å²) in [6.07, 6.45) is -0.594. The van der Waals surface area contributed by atoms with Gasteiger partial charge in [0.1, 0.15) is 23.9 Å². The predicted octanol–water partition coefficient (Wildman–Crippen LogP) is 4.34. The van der Waals surface area contributed by atoms with Crippen LogP contribution in [0, 0.1) is 0 Å². The standard InChI is InChI=1S/C23H31NO4/c1-16(15-27-20-13-11-19(26-6)12-14-20)24-22(25)17(2)28-21-9-7-18(8-10-21)23(3,4)5/h7-14,16-17H,15H2,1-6H3,(H,24,25)/t16-,17+/m1/s1. The maximum Gasteiger partial charge on any atom is 0.261 e. The molecule has 5 nitrogen and oxygen atoms in total. The van der Waals surface area contributed by atoms with Gasteiger partial charge >= 0.3 is 0 Å². The zero-order valence-corrected chi connectivity index (χ0v) is 17.6. The van der Waals surface area contributed by atoms with Crippen molar-refractivity contribution in [2.24, 2.45) is 0 Å². The summed E-state index contributed by atoms with van der Waals surface area (Å²) < 4.78 is 16.6. The second-order valence-corrected chi connectivity index (χ2v) is 7.93. The lowest BCUT2D eigenvalue weighted by Gasteiger charge is -2.21. The van der Waals surface area contributed by atoms with E-state index in [0.29, 0.717) is 12.4 Å². The summed E-state index contributed by atoms with van der Waals surface area (Å²) in [7, 11) is 1.62. The molecule has 1 amide bonds. The van der Waals surface area contributed by atoms with Crippen LogP contribution in [-0.4, -0.2) is 31.8 Å². The van der Waals surface area contributed by atoms with Crippen LogP contribution in [0.15, 0.2) is 48.5 Å². The molecule has 0 fully saturated rings. The molecule has 0 bridgehead atoms. The van der Waals surface area contributed by atoms with Crippen LogP contribution in [0.2, 0.25) is 0 Å². The normalized spacial score (nSPS) is 13.4. The minimum absolute atomic E-state index is 0.0842. The number of hydrogen-bond donors (Lipinski definition) is 1. The van der Waals surface area contributed by atoms with E-state index in [1.807, 2.05) is 55.5 Å². The Kier molecular flexibility index (Phi) is 7.32. The average molecular weight is 386 g/mol. The Morgan fingerprint density at radius 1 is 0.929 bits per heavy atom. The number of methoxy groups -OCH3 is 1. The number of carbonyl (C=O) groups is 1. The molecule has 2 aromatic carbocycles. The minimum Gasteiger partial charge on any atom is -0.497 e. The summed E-state index contributed by atoms with van der Waals surface area (Å²) in [4.78, 5) is 12.4. The van der Waals surface area contributed by atoms with Crippen molar-refractivity contribution in [3.8, 4) is 17.2 Å². The van der Waals surface area contributed by atoms with Crippen LogP contribution in [0.4, 0.5) is 0 Å². The molecule has 2 aromatic rings. The Morgan fingerprint density at radius 2 is 1.46 bits per heavy atom. The highest BCUT2D eigenvalue weighted by Gasteiger charge is 2.18. The summed E-state index contributed by atoms with van der Waals surface area (Å²) in [5, 5.41) is 2.91. The number of nitrogens with one attached hydrogen (secondary N) is 1. The van der Waals surface area contributed by atoms with E-state index in [-0.39, 0.29) is 17.4 Å². The molecule has 2 atom stereocenters. The Morgan fingerprint density at radius 3 is 2.00 bits per heavy atom. The first-order valence-electron chi connectivity index (χ1n) is 9.53. The van der Waals surface area contributed by atoms with E-state index in [9.17, 15) is 4.79 Å². The molecular weight excluding hydrogens is 354 g/mol. The van der Waals surface area contributed by atoms with Gasteiger partial charge in [0.2, 0.25) is 0 Å². The van der Waals surface area contributed by atoms with E-state index >= 15 is 0 Å². The van der Waals surface area contributed by atoms with Gasteiger partial charge in [-0.3, -0.25) is 4.79 Å². The number of carbonyl (C=O) groups excluding carboxylic acids is 1. The van der Waals surface area contributed by atoms with Crippen LogP contribution >= 0.6 is 0 Å². The first-order valence-corrected chi connectivity index (χ1v) is 9.53. The van der Waals surface area contributed by atoms with E-state index in [0.717, 1.165) is 11.5 Å². The van der Waals surface area contributed by atoms with Crippen molar-refractivity contribution >= 4 is 5.91 Å². The molecule has 2 rings (SSSR count). The zero-order chi connectivity index (χ0) is 20.7. The third-order valence-corrected chi connectivity index (χ3v) is 4.35. The lowest BCUT2D eigenvalue weighted by atomic mass is 9.87. The molecule has 0 unspecified atom stereocenters. The second-order valence-electron chi connectivity index (χ2n) is 7.93. The maximum absolute atomic E-state index is 12.4. The van der Waals surface area contributed by atoms with Gasteiger partial charge in [-0.25, -0.2) is 0 Å². The number of amides is 1. The second kappa shape index (κ2) is 9.49. The largest absolute Gasteiger partial charge is 0.497 e.